The number of hydrogen-bond acceptors (Lipinski definition) is 4. The number of carbonyl (C=O) groups excluding carboxylic acids is 3. The van der Waals surface area contributed by atoms with Crippen molar-refractivity contribution >= 4 is 51.9 Å². The van der Waals surface area contributed by atoms with Crippen LogP contribution in [0.15, 0.2) is 71.7 Å². The molecule has 43 heavy (non-hydrogen) atoms. The summed E-state index contributed by atoms with van der Waals surface area (Å²) in [4.78, 5) is 43.7. The summed E-state index contributed by atoms with van der Waals surface area (Å²) in [5, 5.41) is 3.63. The van der Waals surface area contributed by atoms with Crippen LogP contribution in [-0.2, 0) is 35.0 Å². The van der Waals surface area contributed by atoms with Crippen molar-refractivity contribution in [2.75, 3.05) is 10.7 Å². The summed E-state index contributed by atoms with van der Waals surface area (Å²) in [5.41, 5.74) is 3.05. The zero-order valence-corrected chi connectivity index (χ0v) is 25.4. The third kappa shape index (κ3) is 8.70. The largest absolute Gasteiger partial charge is 0.416 e. The maximum Gasteiger partial charge on any atom is 0.416 e. The Labute approximate surface area is 257 Å². The smallest absolute Gasteiger partial charge is 0.333 e. The van der Waals surface area contributed by atoms with Crippen molar-refractivity contribution in [3.8, 4) is 0 Å². The van der Waals surface area contributed by atoms with Gasteiger partial charge >= 0.3 is 12.2 Å². The molecule has 1 saturated heterocycles. The molecule has 226 valence electrons. The Kier molecular flexibility index (Phi) is 10.3. The molecule has 0 aromatic heterocycles. The summed E-state index contributed by atoms with van der Waals surface area (Å²) in [6.07, 6.45) is -3.70. The number of Topliss-reactive ketones (excluding diaryl/α,β-unsaturated/α-hetero) is 1. The van der Waals surface area contributed by atoms with Crippen molar-refractivity contribution < 1.29 is 27.6 Å². The first-order valence-corrected chi connectivity index (χ1v) is 15.1. The molecule has 4 rings (SSSR count). The number of alkyl halides is 3. The maximum absolute atomic E-state index is 12.8. The van der Waals surface area contributed by atoms with Gasteiger partial charge in [0.25, 0.3) is 0 Å². The number of anilines is 1. The maximum atomic E-state index is 12.8. The molecule has 0 spiro atoms. The zero-order valence-electron chi connectivity index (χ0n) is 23.9. The minimum atomic E-state index is -4.41. The van der Waals surface area contributed by atoms with Crippen LogP contribution in [-0.4, -0.2) is 34.7 Å². The van der Waals surface area contributed by atoms with E-state index in [1.165, 1.54) is 28.8 Å². The van der Waals surface area contributed by atoms with E-state index in [0.717, 1.165) is 28.8 Å². The molecule has 1 aliphatic rings. The van der Waals surface area contributed by atoms with E-state index in [-0.39, 0.29) is 42.2 Å². The van der Waals surface area contributed by atoms with Gasteiger partial charge in [-0.1, -0.05) is 79.7 Å². The second kappa shape index (κ2) is 13.8. The summed E-state index contributed by atoms with van der Waals surface area (Å²) in [7, 11) is 0. The van der Waals surface area contributed by atoms with Crippen LogP contribution in [0.5, 0.6) is 0 Å². The molecule has 0 aliphatic carbocycles. The van der Waals surface area contributed by atoms with Crippen molar-refractivity contribution in [1.29, 1.82) is 0 Å². The predicted octanol–water partition coefficient (Wildman–Crippen LogP) is 7.61. The standard InChI is InChI=1S/C32H31ClF3N3O3S/c1-19(2)27-13-12-25(33)17-28(27)39-29(41)18-43-31(39)38-30(42)37-20(3)14-21-4-6-22(7-5-21)15-26(40)16-23-8-10-24(11-9-23)32(34,35)36/h4-13,17,19-20H,14-16,18H2,1-3H3,(H,37,42). The lowest BCUT2D eigenvalue weighted by atomic mass is 9.99. The molecule has 3 aromatic rings. The molecule has 1 aliphatic heterocycles. The third-order valence-electron chi connectivity index (χ3n) is 6.84. The number of urea groups is 1. The lowest BCUT2D eigenvalue weighted by molar-refractivity contribution is -0.137. The molecule has 0 radical (unpaired) electrons. The number of halogens is 4. The fraction of sp³-hybridized carbons (Fsp3) is 0.312. The van der Waals surface area contributed by atoms with Crippen LogP contribution in [0.25, 0.3) is 0 Å². The third-order valence-corrected chi connectivity index (χ3v) is 8.00. The van der Waals surface area contributed by atoms with Crippen LogP contribution < -0.4 is 10.2 Å². The van der Waals surface area contributed by atoms with Crippen molar-refractivity contribution in [1.82, 2.24) is 5.32 Å². The molecular formula is C32H31ClF3N3O3S. The minimum Gasteiger partial charge on any atom is -0.333 e. The Balaban J connectivity index is 1.32. The number of ketones is 1. The Morgan fingerprint density at radius 1 is 0.953 bits per heavy atom. The number of nitrogens with zero attached hydrogens (tertiary/aromatic N) is 2. The second-order valence-corrected chi connectivity index (χ2v) is 12.1. The van der Waals surface area contributed by atoms with Gasteiger partial charge in [-0.25, -0.2) is 4.79 Å². The first-order chi connectivity index (χ1) is 20.3. The highest BCUT2D eigenvalue weighted by Gasteiger charge is 2.33. The molecule has 1 N–H and O–H groups in total. The fourth-order valence-corrected chi connectivity index (χ4v) is 5.76. The number of thioether (sulfide) groups is 1. The van der Waals surface area contributed by atoms with Gasteiger partial charge in [0.15, 0.2) is 5.17 Å². The Bertz CT molecular complexity index is 1520. The number of nitrogens with one attached hydrogen (secondary N) is 1. The normalized spacial score (nSPS) is 15.3. The van der Waals surface area contributed by atoms with Crippen LogP contribution >= 0.6 is 23.4 Å². The van der Waals surface area contributed by atoms with Gasteiger partial charge in [-0.05, 0) is 65.8 Å². The number of rotatable bonds is 9. The molecule has 1 unspecified atom stereocenters. The highest BCUT2D eigenvalue weighted by Crippen LogP contribution is 2.35. The average molecular weight is 630 g/mol. The van der Waals surface area contributed by atoms with Crippen molar-refractivity contribution in [2.24, 2.45) is 4.99 Å². The Morgan fingerprint density at radius 3 is 2.12 bits per heavy atom. The lowest BCUT2D eigenvalue weighted by Gasteiger charge is -2.22. The van der Waals surface area contributed by atoms with Gasteiger partial charge in [0.1, 0.15) is 5.78 Å². The van der Waals surface area contributed by atoms with Crippen LogP contribution in [0.2, 0.25) is 5.02 Å². The van der Waals surface area contributed by atoms with E-state index < -0.39 is 17.8 Å². The van der Waals surface area contributed by atoms with Gasteiger partial charge < -0.3 is 5.32 Å². The number of carbonyl (C=O) groups is 3. The van der Waals surface area contributed by atoms with Crippen molar-refractivity contribution in [3.05, 3.63) is 99.6 Å². The summed E-state index contributed by atoms with van der Waals surface area (Å²) in [5.74, 6) is 0.0177. The van der Waals surface area contributed by atoms with Crippen LogP contribution in [0.3, 0.4) is 0 Å². The molecule has 11 heteroatoms. The van der Waals surface area contributed by atoms with Gasteiger partial charge in [0, 0.05) is 23.9 Å². The number of amides is 3. The number of amidine groups is 1. The molecule has 1 heterocycles. The molecule has 0 saturated carbocycles. The van der Waals surface area contributed by atoms with E-state index in [1.54, 1.807) is 12.1 Å². The molecule has 1 atom stereocenters. The van der Waals surface area contributed by atoms with Crippen LogP contribution in [0.4, 0.5) is 23.7 Å². The van der Waals surface area contributed by atoms with Gasteiger partial charge in [-0.3, -0.25) is 14.5 Å². The molecule has 1 fully saturated rings. The molecule has 3 amide bonds. The summed E-state index contributed by atoms with van der Waals surface area (Å²) < 4.78 is 38.2. The molecular weight excluding hydrogens is 599 g/mol. The quantitative estimate of drug-likeness (QED) is 0.264. The highest BCUT2D eigenvalue weighted by atomic mass is 35.5. The molecule has 3 aromatic carbocycles. The second-order valence-electron chi connectivity index (χ2n) is 10.7. The van der Waals surface area contributed by atoms with Crippen molar-refractivity contribution in [3.63, 3.8) is 0 Å². The molecule has 6 nitrogen and oxygen atoms in total. The number of benzene rings is 3. The van der Waals surface area contributed by atoms with E-state index in [4.69, 9.17) is 11.6 Å². The van der Waals surface area contributed by atoms with E-state index in [2.05, 4.69) is 10.3 Å². The van der Waals surface area contributed by atoms with Gasteiger partial charge in [-0.15, -0.1) is 0 Å². The van der Waals surface area contributed by atoms with Crippen LogP contribution in [0.1, 0.15) is 54.5 Å². The van der Waals surface area contributed by atoms with Crippen LogP contribution in [0, 0.1) is 0 Å². The van der Waals surface area contributed by atoms with Gasteiger partial charge in [0.2, 0.25) is 5.91 Å². The summed E-state index contributed by atoms with van der Waals surface area (Å²) in [6, 6.07) is 16.5. The minimum absolute atomic E-state index is 0.0445. The van der Waals surface area contributed by atoms with E-state index >= 15 is 0 Å². The Hall–Kier alpha value is -3.63. The van der Waals surface area contributed by atoms with E-state index in [9.17, 15) is 27.6 Å². The van der Waals surface area contributed by atoms with Gasteiger partial charge in [-0.2, -0.15) is 18.2 Å². The summed E-state index contributed by atoms with van der Waals surface area (Å²) >= 11 is 7.42. The lowest BCUT2D eigenvalue weighted by Crippen LogP contribution is -2.35. The Morgan fingerprint density at radius 2 is 1.53 bits per heavy atom. The fourth-order valence-electron chi connectivity index (χ4n) is 4.74. The first-order valence-electron chi connectivity index (χ1n) is 13.7. The predicted molar refractivity (Wildman–Crippen MR) is 165 cm³/mol. The SMILES string of the molecule is CC(Cc1ccc(CC(=O)Cc2ccc(C(F)(F)F)cc2)cc1)NC(=O)N=C1SCC(=O)N1c1cc(Cl)ccc1C(C)C. The zero-order chi connectivity index (χ0) is 31.3. The summed E-state index contributed by atoms with van der Waals surface area (Å²) in [6.45, 7) is 5.87. The molecule has 0 bridgehead atoms. The number of aliphatic imine (C=N–C) groups is 1. The van der Waals surface area contributed by atoms with E-state index in [1.807, 2.05) is 51.1 Å². The number of hydrogen-bond donors (Lipinski definition) is 1. The average Bonchev–Trinajstić information content (AvgIpc) is 3.28. The van der Waals surface area contributed by atoms with E-state index in [0.29, 0.717) is 27.9 Å². The highest BCUT2D eigenvalue weighted by molar-refractivity contribution is 8.15. The first kappa shape index (κ1) is 32.3. The topological polar surface area (TPSA) is 78.8 Å². The van der Waals surface area contributed by atoms with Gasteiger partial charge in [0.05, 0.1) is 17.0 Å². The monoisotopic (exact) mass is 629 g/mol. The van der Waals surface area contributed by atoms with Crippen molar-refractivity contribution in [2.45, 2.75) is 58.2 Å².